The lowest BCUT2D eigenvalue weighted by molar-refractivity contribution is -0.385. The van der Waals surface area contributed by atoms with E-state index in [2.05, 4.69) is 5.10 Å². The summed E-state index contributed by atoms with van der Waals surface area (Å²) < 4.78 is 1.58. The molecule has 0 radical (unpaired) electrons. The topological polar surface area (TPSA) is 61.0 Å². The summed E-state index contributed by atoms with van der Waals surface area (Å²) in [6.45, 7) is 0.717. The Labute approximate surface area is 73.9 Å². The van der Waals surface area contributed by atoms with E-state index in [-0.39, 0.29) is 5.69 Å². The van der Waals surface area contributed by atoms with Crippen molar-refractivity contribution in [3.8, 4) is 0 Å². The van der Waals surface area contributed by atoms with E-state index in [1.165, 1.54) is 12.4 Å². The molecule has 6 heteroatoms. The fraction of sp³-hybridized carbons (Fsp3) is 0.500. The maximum absolute atomic E-state index is 10.2. The Hall–Kier alpha value is -1.04. The normalized spacial score (nSPS) is 10.1. The van der Waals surface area contributed by atoms with Crippen molar-refractivity contribution in [2.45, 2.75) is 6.54 Å². The van der Waals surface area contributed by atoms with E-state index in [4.69, 9.17) is 0 Å². The molecule has 0 atom stereocenters. The first-order valence-electron chi connectivity index (χ1n) is 3.40. The average Bonchev–Trinajstić information content (AvgIpc) is 2.48. The summed E-state index contributed by atoms with van der Waals surface area (Å²) in [7, 11) is 0. The van der Waals surface area contributed by atoms with Crippen LogP contribution in [-0.4, -0.2) is 26.7 Å². The zero-order chi connectivity index (χ0) is 8.97. The summed E-state index contributed by atoms with van der Waals surface area (Å²) >= 11 is 1.68. The van der Waals surface area contributed by atoms with Gasteiger partial charge in [-0.25, -0.2) is 0 Å². The van der Waals surface area contributed by atoms with E-state index in [9.17, 15) is 10.1 Å². The third-order valence-electron chi connectivity index (χ3n) is 1.35. The highest BCUT2D eigenvalue weighted by atomic mass is 32.2. The monoisotopic (exact) mass is 187 g/mol. The van der Waals surface area contributed by atoms with Crippen molar-refractivity contribution < 1.29 is 4.92 Å². The predicted octanol–water partition coefficient (Wildman–Crippen LogP) is 1.15. The fourth-order valence-electron chi connectivity index (χ4n) is 0.754. The molecular formula is C6H9N3O2S. The van der Waals surface area contributed by atoms with Gasteiger partial charge in [0.2, 0.25) is 0 Å². The van der Waals surface area contributed by atoms with Crippen molar-refractivity contribution in [3.63, 3.8) is 0 Å². The first kappa shape index (κ1) is 9.05. The first-order valence-corrected chi connectivity index (χ1v) is 4.79. The number of nitro groups is 1. The molecule has 0 amide bonds. The summed E-state index contributed by atoms with van der Waals surface area (Å²) in [6.07, 6.45) is 4.69. The Morgan fingerprint density at radius 3 is 3.08 bits per heavy atom. The molecule has 0 aliphatic heterocycles. The Bertz CT molecular complexity index is 274. The minimum Gasteiger partial charge on any atom is -0.265 e. The number of hydrogen-bond acceptors (Lipinski definition) is 4. The molecule has 0 unspecified atom stereocenters. The number of nitrogens with zero attached hydrogens (tertiary/aromatic N) is 3. The second-order valence-corrected chi connectivity index (χ2v) is 3.20. The minimum atomic E-state index is -0.442. The molecule has 66 valence electrons. The SMILES string of the molecule is CSCCn1cc([N+](=O)[O-])cn1. The van der Waals surface area contributed by atoms with Crippen molar-refractivity contribution >= 4 is 17.4 Å². The van der Waals surface area contributed by atoms with Crippen LogP contribution in [-0.2, 0) is 6.54 Å². The highest BCUT2D eigenvalue weighted by molar-refractivity contribution is 7.98. The third-order valence-corrected chi connectivity index (χ3v) is 1.95. The van der Waals surface area contributed by atoms with Gasteiger partial charge in [-0.2, -0.15) is 16.9 Å². The van der Waals surface area contributed by atoms with Crippen LogP contribution < -0.4 is 0 Å². The molecule has 1 heterocycles. The molecule has 1 aromatic heterocycles. The van der Waals surface area contributed by atoms with Crippen LogP contribution in [0.1, 0.15) is 0 Å². The maximum Gasteiger partial charge on any atom is 0.306 e. The van der Waals surface area contributed by atoms with Gasteiger partial charge < -0.3 is 0 Å². The second kappa shape index (κ2) is 4.10. The lowest BCUT2D eigenvalue weighted by Crippen LogP contribution is -1.99. The molecule has 0 saturated heterocycles. The van der Waals surface area contributed by atoms with Gasteiger partial charge in [-0.15, -0.1) is 0 Å². The zero-order valence-electron chi connectivity index (χ0n) is 6.64. The van der Waals surface area contributed by atoms with Crippen molar-refractivity contribution in [2.75, 3.05) is 12.0 Å². The van der Waals surface area contributed by atoms with Gasteiger partial charge in [0, 0.05) is 5.75 Å². The highest BCUT2D eigenvalue weighted by Gasteiger charge is 2.07. The zero-order valence-corrected chi connectivity index (χ0v) is 7.45. The van der Waals surface area contributed by atoms with Gasteiger partial charge in [-0.05, 0) is 6.26 Å². The molecule has 0 saturated carbocycles. The molecule has 12 heavy (non-hydrogen) atoms. The van der Waals surface area contributed by atoms with Crippen LogP contribution >= 0.6 is 11.8 Å². The van der Waals surface area contributed by atoms with E-state index in [0.717, 1.165) is 12.3 Å². The molecule has 0 bridgehead atoms. The number of thioether (sulfide) groups is 1. The Morgan fingerprint density at radius 2 is 2.58 bits per heavy atom. The molecule has 0 aromatic carbocycles. The quantitative estimate of drug-likeness (QED) is 0.524. The number of aromatic nitrogens is 2. The van der Waals surface area contributed by atoms with Crippen LogP contribution in [0.2, 0.25) is 0 Å². The Morgan fingerprint density at radius 1 is 1.83 bits per heavy atom. The summed E-state index contributed by atoms with van der Waals surface area (Å²) in [5.74, 6) is 0.916. The summed E-state index contributed by atoms with van der Waals surface area (Å²) in [5, 5.41) is 14.1. The molecular weight excluding hydrogens is 178 g/mol. The molecule has 0 N–H and O–H groups in total. The van der Waals surface area contributed by atoms with Crippen LogP contribution in [0.5, 0.6) is 0 Å². The van der Waals surface area contributed by atoms with Gasteiger partial charge in [-0.3, -0.25) is 14.8 Å². The molecule has 0 aliphatic carbocycles. The Balaban J connectivity index is 2.58. The van der Waals surface area contributed by atoms with Crippen LogP contribution in [0.4, 0.5) is 5.69 Å². The summed E-state index contributed by atoms with van der Waals surface area (Å²) in [5.41, 5.74) is 0.0519. The second-order valence-electron chi connectivity index (χ2n) is 2.21. The van der Waals surface area contributed by atoms with Gasteiger partial charge >= 0.3 is 5.69 Å². The van der Waals surface area contributed by atoms with Crippen LogP contribution in [0.25, 0.3) is 0 Å². The molecule has 5 nitrogen and oxygen atoms in total. The maximum atomic E-state index is 10.2. The Kier molecular flexibility index (Phi) is 3.09. The van der Waals surface area contributed by atoms with E-state index >= 15 is 0 Å². The van der Waals surface area contributed by atoms with Crippen molar-refractivity contribution in [2.24, 2.45) is 0 Å². The lowest BCUT2D eigenvalue weighted by atomic mass is 10.6. The van der Waals surface area contributed by atoms with Gasteiger partial charge in [0.25, 0.3) is 0 Å². The van der Waals surface area contributed by atoms with Gasteiger partial charge in [0.1, 0.15) is 12.4 Å². The van der Waals surface area contributed by atoms with Crippen LogP contribution in [0.3, 0.4) is 0 Å². The van der Waals surface area contributed by atoms with E-state index in [1.807, 2.05) is 6.26 Å². The standard InChI is InChI=1S/C6H9N3O2S/c1-12-3-2-8-5-6(4-7-8)9(10)11/h4-5H,2-3H2,1H3. The van der Waals surface area contributed by atoms with Crippen molar-refractivity contribution in [3.05, 3.63) is 22.5 Å². The molecule has 0 spiro atoms. The fourth-order valence-corrected chi connectivity index (χ4v) is 1.12. The largest absolute Gasteiger partial charge is 0.306 e. The average molecular weight is 187 g/mol. The number of hydrogen-bond donors (Lipinski definition) is 0. The molecule has 0 aliphatic rings. The summed E-state index contributed by atoms with van der Waals surface area (Å²) in [4.78, 5) is 9.79. The van der Waals surface area contributed by atoms with Crippen molar-refractivity contribution in [1.82, 2.24) is 9.78 Å². The minimum absolute atomic E-state index is 0.0519. The van der Waals surface area contributed by atoms with Gasteiger partial charge in [0.05, 0.1) is 11.5 Å². The molecule has 1 aromatic rings. The van der Waals surface area contributed by atoms with Crippen LogP contribution in [0.15, 0.2) is 12.4 Å². The van der Waals surface area contributed by atoms with E-state index < -0.39 is 4.92 Å². The third kappa shape index (κ3) is 2.23. The van der Waals surface area contributed by atoms with E-state index in [1.54, 1.807) is 16.4 Å². The van der Waals surface area contributed by atoms with Crippen molar-refractivity contribution in [1.29, 1.82) is 0 Å². The van der Waals surface area contributed by atoms with Gasteiger partial charge in [0.15, 0.2) is 0 Å². The number of rotatable bonds is 4. The number of aryl methyl sites for hydroxylation is 1. The summed E-state index contributed by atoms with van der Waals surface area (Å²) in [6, 6.07) is 0. The lowest BCUT2D eigenvalue weighted by Gasteiger charge is -1.95. The predicted molar refractivity (Wildman–Crippen MR) is 47.3 cm³/mol. The highest BCUT2D eigenvalue weighted by Crippen LogP contribution is 2.07. The van der Waals surface area contributed by atoms with E-state index in [0.29, 0.717) is 0 Å². The van der Waals surface area contributed by atoms with Gasteiger partial charge in [-0.1, -0.05) is 0 Å². The van der Waals surface area contributed by atoms with Crippen LogP contribution in [0, 0.1) is 10.1 Å². The molecule has 1 rings (SSSR count). The first-order chi connectivity index (χ1) is 5.74. The molecule has 0 fully saturated rings. The smallest absolute Gasteiger partial charge is 0.265 e.